The van der Waals surface area contributed by atoms with Gasteiger partial charge in [-0.2, -0.15) is 0 Å². The second-order valence-electron chi connectivity index (χ2n) is 22.1. The Morgan fingerprint density at radius 1 is 0.794 bits per heavy atom. The minimum atomic E-state index is -0.241. The van der Waals surface area contributed by atoms with E-state index >= 15 is 0 Å². The maximum absolute atomic E-state index is 13.0. The maximum Gasteiger partial charge on any atom is 0.332 e. The van der Waals surface area contributed by atoms with E-state index in [4.69, 9.17) is 23.7 Å². The summed E-state index contributed by atoms with van der Waals surface area (Å²) < 4.78 is 29.9. The van der Waals surface area contributed by atoms with Gasteiger partial charge in [0.15, 0.2) is 0 Å². The van der Waals surface area contributed by atoms with E-state index < -0.39 is 0 Å². The average molecular weight is 882 g/mol. The smallest absolute Gasteiger partial charge is 0.332 e. The summed E-state index contributed by atoms with van der Waals surface area (Å²) in [5, 5.41) is 0. The SMILES string of the molecule is CCCCCCCCC=CCCCCCCCCOCC(CN1CCOCC1)OCCOCC(=O)OC1CCC2(C)C(=CCC3C2CCC2(C)C(C(C)CCCC(C)C)CCC32)C1. The van der Waals surface area contributed by atoms with Crippen molar-refractivity contribution >= 4 is 5.97 Å². The van der Waals surface area contributed by atoms with Gasteiger partial charge < -0.3 is 23.7 Å². The summed E-state index contributed by atoms with van der Waals surface area (Å²) >= 11 is 0. The van der Waals surface area contributed by atoms with Gasteiger partial charge in [0.2, 0.25) is 0 Å². The highest BCUT2D eigenvalue weighted by molar-refractivity contribution is 5.71. The normalized spacial score (nSPS) is 29.6. The molecule has 0 bridgehead atoms. The van der Waals surface area contributed by atoms with E-state index in [2.05, 4.69) is 64.7 Å². The Bertz CT molecular complexity index is 1310. The van der Waals surface area contributed by atoms with Crippen molar-refractivity contribution in [2.24, 2.45) is 46.3 Å². The van der Waals surface area contributed by atoms with E-state index in [0.717, 1.165) is 101 Å². The second kappa shape index (κ2) is 28.8. The van der Waals surface area contributed by atoms with Gasteiger partial charge >= 0.3 is 5.97 Å². The van der Waals surface area contributed by atoms with Crippen LogP contribution in [0.2, 0.25) is 0 Å². The van der Waals surface area contributed by atoms with E-state index in [-0.39, 0.29) is 30.2 Å². The zero-order valence-electron chi connectivity index (χ0n) is 42.0. The largest absolute Gasteiger partial charge is 0.460 e. The monoisotopic (exact) mass is 882 g/mol. The lowest BCUT2D eigenvalue weighted by Gasteiger charge is -2.58. The average Bonchev–Trinajstić information content (AvgIpc) is 3.63. The first-order chi connectivity index (χ1) is 30.6. The lowest BCUT2D eigenvalue weighted by molar-refractivity contribution is -0.157. The van der Waals surface area contributed by atoms with E-state index in [1.807, 2.05) is 0 Å². The third-order valence-corrected chi connectivity index (χ3v) is 17.0. The van der Waals surface area contributed by atoms with Crippen LogP contribution in [0.15, 0.2) is 23.8 Å². The van der Waals surface area contributed by atoms with Gasteiger partial charge in [0.05, 0.1) is 39.1 Å². The Kier molecular flexibility index (Phi) is 24.1. The number of esters is 1. The van der Waals surface area contributed by atoms with Gasteiger partial charge in [-0.25, -0.2) is 4.79 Å². The molecule has 0 aromatic heterocycles. The van der Waals surface area contributed by atoms with Crippen molar-refractivity contribution in [1.29, 1.82) is 0 Å². The minimum Gasteiger partial charge on any atom is -0.460 e. The van der Waals surface area contributed by atoms with Crippen molar-refractivity contribution in [2.75, 3.05) is 65.9 Å². The van der Waals surface area contributed by atoms with Crippen LogP contribution in [0.4, 0.5) is 0 Å². The molecule has 5 rings (SSSR count). The van der Waals surface area contributed by atoms with E-state index in [9.17, 15) is 4.79 Å². The van der Waals surface area contributed by atoms with Crippen LogP contribution in [0.1, 0.15) is 202 Å². The lowest BCUT2D eigenvalue weighted by atomic mass is 9.47. The number of carbonyl (C=O) groups excluding carboxylic acids is 1. The van der Waals surface area contributed by atoms with E-state index in [1.165, 1.54) is 135 Å². The lowest BCUT2D eigenvalue weighted by Crippen LogP contribution is -2.51. The molecule has 0 radical (unpaired) electrons. The van der Waals surface area contributed by atoms with Crippen LogP contribution in [0.3, 0.4) is 0 Å². The van der Waals surface area contributed by atoms with Crippen LogP contribution in [0.5, 0.6) is 0 Å². The highest BCUT2D eigenvalue weighted by Gasteiger charge is 2.59. The summed E-state index contributed by atoms with van der Waals surface area (Å²) in [6, 6.07) is 0. The quantitative estimate of drug-likeness (QED) is 0.0379. The summed E-state index contributed by atoms with van der Waals surface area (Å²) in [4.78, 5) is 15.4. The van der Waals surface area contributed by atoms with Gasteiger partial charge in [-0.3, -0.25) is 4.90 Å². The molecule has 0 N–H and O–H groups in total. The predicted molar refractivity (Wildman–Crippen MR) is 261 cm³/mol. The summed E-state index contributed by atoms with van der Waals surface area (Å²) in [7, 11) is 0. The fourth-order valence-electron chi connectivity index (χ4n) is 13.3. The summed E-state index contributed by atoms with van der Waals surface area (Å²) in [5.41, 5.74) is 2.34. The fraction of sp³-hybridized carbons (Fsp3) is 0.911. The molecule has 0 aromatic rings. The second-order valence-corrected chi connectivity index (χ2v) is 22.1. The van der Waals surface area contributed by atoms with Crippen molar-refractivity contribution in [3.63, 3.8) is 0 Å². The standard InChI is InChI=1S/C56H99NO6/c1-7-8-9-10-11-12-13-14-15-16-17-18-19-20-21-22-36-60-43-49(42-57-34-37-59-38-35-57)62-40-39-61-44-54(58)63-48-30-32-55(5)47(41-48)26-27-50-52-29-28-51(46(4)25-23-24-45(2)3)56(52,6)33-31-53(50)55/h14-15,26,45-46,48-53H,7-13,16-25,27-44H2,1-6H3. The third kappa shape index (κ3) is 17.1. The van der Waals surface area contributed by atoms with Gasteiger partial charge in [-0.05, 0) is 123 Å². The molecule has 1 saturated heterocycles. The van der Waals surface area contributed by atoms with Crippen LogP contribution in [-0.2, 0) is 28.5 Å². The van der Waals surface area contributed by atoms with Gasteiger partial charge in [-0.1, -0.05) is 142 Å². The fourth-order valence-corrected chi connectivity index (χ4v) is 13.3. The first kappa shape index (κ1) is 52.7. The number of hydrogen-bond donors (Lipinski definition) is 0. The van der Waals surface area contributed by atoms with Crippen molar-refractivity contribution < 1.29 is 28.5 Å². The highest BCUT2D eigenvalue weighted by atomic mass is 16.6. The summed E-state index contributed by atoms with van der Waals surface area (Å²) in [5.74, 6) is 4.79. The molecule has 3 saturated carbocycles. The first-order valence-electron chi connectivity index (χ1n) is 27.2. The third-order valence-electron chi connectivity index (χ3n) is 17.0. The van der Waals surface area contributed by atoms with Gasteiger partial charge in [-0.15, -0.1) is 0 Å². The Morgan fingerprint density at radius 3 is 2.24 bits per heavy atom. The number of hydrogen-bond acceptors (Lipinski definition) is 7. The molecule has 7 heteroatoms. The number of carbonyl (C=O) groups is 1. The summed E-state index contributed by atoms with van der Waals surface area (Å²) in [6.45, 7) is 21.2. The maximum atomic E-state index is 13.0. The van der Waals surface area contributed by atoms with Crippen molar-refractivity contribution in [3.05, 3.63) is 23.8 Å². The van der Waals surface area contributed by atoms with Crippen LogP contribution in [0.25, 0.3) is 0 Å². The summed E-state index contributed by atoms with van der Waals surface area (Å²) in [6.07, 6.45) is 39.8. The molecule has 7 nitrogen and oxygen atoms in total. The zero-order valence-corrected chi connectivity index (χ0v) is 42.0. The molecule has 9 unspecified atom stereocenters. The Hall–Kier alpha value is -1.25. The van der Waals surface area contributed by atoms with E-state index in [0.29, 0.717) is 25.2 Å². The van der Waals surface area contributed by atoms with Crippen molar-refractivity contribution in [2.45, 2.75) is 214 Å². The number of ether oxygens (including phenoxy) is 5. The molecule has 0 amide bonds. The van der Waals surface area contributed by atoms with Gasteiger partial charge in [0, 0.05) is 32.7 Å². The molecule has 5 aliphatic rings. The van der Waals surface area contributed by atoms with Gasteiger partial charge in [0.1, 0.15) is 12.7 Å². The molecule has 63 heavy (non-hydrogen) atoms. The first-order valence-corrected chi connectivity index (χ1v) is 27.2. The molecule has 4 fully saturated rings. The van der Waals surface area contributed by atoms with Crippen LogP contribution < -0.4 is 0 Å². The molecule has 9 atom stereocenters. The predicted octanol–water partition coefficient (Wildman–Crippen LogP) is 13.7. The number of nitrogens with zero attached hydrogens (tertiary/aromatic N) is 1. The Morgan fingerprint density at radius 2 is 1.51 bits per heavy atom. The Labute approximate surface area is 388 Å². The number of morpholine rings is 1. The molecular weight excluding hydrogens is 783 g/mol. The molecule has 1 heterocycles. The van der Waals surface area contributed by atoms with Crippen LogP contribution >= 0.6 is 0 Å². The Balaban J connectivity index is 0.928. The molecule has 0 aromatic carbocycles. The molecule has 1 aliphatic heterocycles. The van der Waals surface area contributed by atoms with Crippen LogP contribution in [-0.4, -0.2) is 89.0 Å². The molecule has 0 spiro atoms. The highest BCUT2D eigenvalue weighted by Crippen LogP contribution is 2.67. The van der Waals surface area contributed by atoms with Crippen LogP contribution in [0, 0.1) is 46.3 Å². The topological polar surface area (TPSA) is 66.5 Å². The van der Waals surface area contributed by atoms with Crippen molar-refractivity contribution in [1.82, 2.24) is 4.90 Å². The minimum absolute atomic E-state index is 0.0151. The van der Waals surface area contributed by atoms with Gasteiger partial charge in [0.25, 0.3) is 0 Å². The number of unbranched alkanes of at least 4 members (excludes halogenated alkanes) is 12. The molecule has 4 aliphatic carbocycles. The molecule has 364 valence electrons. The number of fused-ring (bicyclic) bond motifs is 5. The molecular formula is C56H99NO6. The number of allylic oxidation sites excluding steroid dienone is 3. The van der Waals surface area contributed by atoms with E-state index in [1.54, 1.807) is 5.57 Å². The van der Waals surface area contributed by atoms with Crippen molar-refractivity contribution in [3.8, 4) is 0 Å². The zero-order chi connectivity index (χ0) is 44.8. The number of rotatable bonds is 32.